The van der Waals surface area contributed by atoms with Crippen LogP contribution >= 0.6 is 0 Å². The molecule has 0 saturated carbocycles. The number of aryl methyl sites for hydroxylation is 2. The van der Waals surface area contributed by atoms with Gasteiger partial charge in [-0.25, -0.2) is 4.98 Å². The zero-order valence-corrected chi connectivity index (χ0v) is 19.1. The van der Waals surface area contributed by atoms with Crippen molar-refractivity contribution in [2.45, 2.75) is 26.2 Å². The smallest absolute Gasteiger partial charge is 0.293 e. The number of hydrogen-bond donors (Lipinski definition) is 2. The van der Waals surface area contributed by atoms with Gasteiger partial charge in [-0.1, -0.05) is 23.8 Å². The van der Waals surface area contributed by atoms with Crippen LogP contribution in [0.1, 0.15) is 24.0 Å². The van der Waals surface area contributed by atoms with Gasteiger partial charge in [-0.05, 0) is 56.0 Å². The van der Waals surface area contributed by atoms with Crippen molar-refractivity contribution in [2.75, 3.05) is 24.5 Å². The van der Waals surface area contributed by atoms with Crippen LogP contribution in [0.2, 0.25) is 0 Å². The van der Waals surface area contributed by atoms with Gasteiger partial charge in [0.05, 0.1) is 17.0 Å². The van der Waals surface area contributed by atoms with Crippen LogP contribution in [0.5, 0.6) is 0 Å². The normalized spacial score (nSPS) is 16.4. The Morgan fingerprint density at radius 3 is 2.97 bits per heavy atom. The van der Waals surface area contributed by atoms with Crippen LogP contribution in [0.25, 0.3) is 21.9 Å². The number of anilines is 1. The Kier molecular flexibility index (Phi) is 5.62. The van der Waals surface area contributed by atoms with E-state index < -0.39 is 0 Å². The Labute approximate surface area is 192 Å². The summed E-state index contributed by atoms with van der Waals surface area (Å²) in [4.78, 5) is 35.8. The van der Waals surface area contributed by atoms with Crippen molar-refractivity contribution in [3.63, 3.8) is 0 Å². The minimum atomic E-state index is -0.151. The summed E-state index contributed by atoms with van der Waals surface area (Å²) in [7, 11) is 1.77. The number of nitrogens with zero attached hydrogens (tertiary/aromatic N) is 3. The molecule has 0 aliphatic carbocycles. The van der Waals surface area contributed by atoms with Crippen molar-refractivity contribution < 1.29 is 4.79 Å². The van der Waals surface area contributed by atoms with E-state index in [1.165, 1.54) is 16.5 Å². The highest BCUT2D eigenvalue weighted by Gasteiger charge is 2.28. The molecule has 1 aliphatic rings. The molecule has 2 aromatic heterocycles. The summed E-state index contributed by atoms with van der Waals surface area (Å²) in [5.41, 5.74) is 5.03. The number of carbonyl (C=O) groups is 1. The first-order valence-electron chi connectivity index (χ1n) is 11.6. The summed E-state index contributed by atoms with van der Waals surface area (Å²) in [6.07, 6.45) is 4.48. The number of aromatic nitrogens is 3. The van der Waals surface area contributed by atoms with Crippen LogP contribution in [0.4, 0.5) is 5.82 Å². The molecule has 1 fully saturated rings. The molecule has 170 valence electrons. The molecule has 1 amide bonds. The Morgan fingerprint density at radius 1 is 1.24 bits per heavy atom. The SMILES string of the molecule is Cc1ccc2[nH]cc(CCNC(=O)C3CCCN(c4nc5ccccc5n(C)c4=O)C3)c2c1. The summed E-state index contributed by atoms with van der Waals surface area (Å²) in [6, 6.07) is 14.0. The summed E-state index contributed by atoms with van der Waals surface area (Å²) in [5.74, 6) is 0.332. The molecular weight excluding hydrogens is 414 g/mol. The molecule has 4 aromatic rings. The number of nitrogens with one attached hydrogen (secondary N) is 2. The number of amides is 1. The minimum Gasteiger partial charge on any atom is -0.361 e. The van der Waals surface area contributed by atoms with Crippen molar-refractivity contribution in [2.24, 2.45) is 13.0 Å². The van der Waals surface area contributed by atoms with Crippen LogP contribution < -0.4 is 15.8 Å². The van der Waals surface area contributed by atoms with Crippen molar-refractivity contribution in [3.05, 3.63) is 70.1 Å². The molecule has 0 bridgehead atoms. The van der Waals surface area contributed by atoms with E-state index in [0.717, 1.165) is 42.4 Å². The molecular formula is C26H29N5O2. The zero-order valence-electron chi connectivity index (χ0n) is 19.1. The van der Waals surface area contributed by atoms with E-state index in [9.17, 15) is 9.59 Å². The quantitative estimate of drug-likeness (QED) is 0.496. The summed E-state index contributed by atoms with van der Waals surface area (Å²) < 4.78 is 1.64. The van der Waals surface area contributed by atoms with Crippen molar-refractivity contribution in [1.29, 1.82) is 0 Å². The fourth-order valence-electron chi connectivity index (χ4n) is 4.82. The molecule has 7 heteroatoms. The lowest BCUT2D eigenvalue weighted by Gasteiger charge is -2.32. The number of piperidine rings is 1. The van der Waals surface area contributed by atoms with Gasteiger partial charge in [0.15, 0.2) is 5.82 Å². The van der Waals surface area contributed by atoms with Crippen LogP contribution in [0.15, 0.2) is 53.5 Å². The Hall–Kier alpha value is -3.61. The van der Waals surface area contributed by atoms with Crippen molar-refractivity contribution >= 4 is 33.7 Å². The third-order valence-corrected chi connectivity index (χ3v) is 6.67. The molecule has 0 radical (unpaired) electrons. The molecule has 2 N–H and O–H groups in total. The second-order valence-electron chi connectivity index (χ2n) is 8.98. The maximum absolute atomic E-state index is 12.9. The summed E-state index contributed by atoms with van der Waals surface area (Å²) >= 11 is 0. The van der Waals surface area contributed by atoms with E-state index in [1.807, 2.05) is 35.4 Å². The van der Waals surface area contributed by atoms with Gasteiger partial charge in [0.2, 0.25) is 5.91 Å². The first-order valence-corrected chi connectivity index (χ1v) is 11.6. The van der Waals surface area contributed by atoms with E-state index in [1.54, 1.807) is 11.6 Å². The molecule has 1 saturated heterocycles. The van der Waals surface area contributed by atoms with Crippen molar-refractivity contribution in [3.8, 4) is 0 Å². The highest BCUT2D eigenvalue weighted by atomic mass is 16.2. The number of fused-ring (bicyclic) bond motifs is 2. The maximum Gasteiger partial charge on any atom is 0.293 e. The second-order valence-corrected chi connectivity index (χ2v) is 8.98. The number of rotatable bonds is 5. The number of hydrogen-bond acceptors (Lipinski definition) is 4. The number of H-pyrrole nitrogens is 1. The average Bonchev–Trinajstić information content (AvgIpc) is 3.23. The number of para-hydroxylation sites is 2. The van der Waals surface area contributed by atoms with Gasteiger partial charge < -0.3 is 19.8 Å². The standard InChI is InChI=1S/C26H29N5O2/c1-17-9-10-21-20(14-17)18(15-28-21)11-12-27-25(32)19-6-5-13-31(16-19)24-26(33)30(2)23-8-4-3-7-22(23)29-24/h3-4,7-10,14-15,19,28H,5-6,11-13,16H2,1-2H3,(H,27,32). The van der Waals surface area contributed by atoms with Gasteiger partial charge in [-0.3, -0.25) is 9.59 Å². The van der Waals surface area contributed by atoms with Gasteiger partial charge in [-0.15, -0.1) is 0 Å². The molecule has 33 heavy (non-hydrogen) atoms. The monoisotopic (exact) mass is 443 g/mol. The van der Waals surface area contributed by atoms with Gasteiger partial charge in [-0.2, -0.15) is 0 Å². The summed E-state index contributed by atoms with van der Waals surface area (Å²) in [5, 5.41) is 4.33. The van der Waals surface area contributed by atoms with E-state index in [0.29, 0.717) is 18.9 Å². The van der Waals surface area contributed by atoms with Crippen molar-refractivity contribution in [1.82, 2.24) is 19.9 Å². The van der Waals surface area contributed by atoms with Crippen LogP contribution in [-0.2, 0) is 18.3 Å². The largest absolute Gasteiger partial charge is 0.361 e. The molecule has 2 aromatic carbocycles. The third-order valence-electron chi connectivity index (χ3n) is 6.67. The van der Waals surface area contributed by atoms with Crippen LogP contribution in [0, 0.1) is 12.8 Å². The van der Waals surface area contributed by atoms with Gasteiger partial charge in [0.25, 0.3) is 5.56 Å². The Balaban J connectivity index is 1.26. The predicted molar refractivity (Wildman–Crippen MR) is 132 cm³/mol. The van der Waals surface area contributed by atoms with E-state index in [-0.39, 0.29) is 17.4 Å². The molecule has 3 heterocycles. The number of benzene rings is 2. The van der Waals surface area contributed by atoms with Gasteiger partial charge in [0, 0.05) is 43.8 Å². The van der Waals surface area contributed by atoms with E-state index in [4.69, 9.17) is 0 Å². The number of aromatic amines is 1. The molecule has 1 aliphatic heterocycles. The maximum atomic E-state index is 12.9. The predicted octanol–water partition coefficient (Wildman–Crippen LogP) is 3.30. The lowest BCUT2D eigenvalue weighted by Crippen LogP contribution is -2.45. The molecule has 0 spiro atoms. The third kappa shape index (κ3) is 4.11. The molecule has 7 nitrogen and oxygen atoms in total. The molecule has 1 unspecified atom stereocenters. The fourth-order valence-corrected chi connectivity index (χ4v) is 4.82. The second kappa shape index (κ2) is 8.73. The molecule has 5 rings (SSSR count). The minimum absolute atomic E-state index is 0.0494. The highest BCUT2D eigenvalue weighted by Crippen LogP contribution is 2.22. The van der Waals surface area contributed by atoms with Crippen LogP contribution in [-0.4, -0.2) is 40.1 Å². The Morgan fingerprint density at radius 2 is 2.09 bits per heavy atom. The molecule has 1 atom stereocenters. The fraction of sp³-hybridized carbons (Fsp3) is 0.346. The highest BCUT2D eigenvalue weighted by molar-refractivity contribution is 5.84. The van der Waals surface area contributed by atoms with Gasteiger partial charge >= 0.3 is 0 Å². The van der Waals surface area contributed by atoms with E-state index in [2.05, 4.69) is 40.4 Å². The lowest BCUT2D eigenvalue weighted by molar-refractivity contribution is -0.125. The lowest BCUT2D eigenvalue weighted by atomic mass is 9.97. The first kappa shape index (κ1) is 21.2. The van der Waals surface area contributed by atoms with E-state index >= 15 is 0 Å². The zero-order chi connectivity index (χ0) is 22.9. The van der Waals surface area contributed by atoms with Gasteiger partial charge in [0.1, 0.15) is 0 Å². The Bertz CT molecular complexity index is 1390. The average molecular weight is 444 g/mol. The first-order chi connectivity index (χ1) is 16.0. The topological polar surface area (TPSA) is 83.0 Å². The van der Waals surface area contributed by atoms with Crippen LogP contribution in [0.3, 0.4) is 0 Å². The summed E-state index contributed by atoms with van der Waals surface area (Å²) in [6.45, 7) is 3.93. The number of carbonyl (C=O) groups excluding carboxylic acids is 1.